The summed E-state index contributed by atoms with van der Waals surface area (Å²) in [6.45, 7) is 3.68. The van der Waals surface area contributed by atoms with Gasteiger partial charge in [-0.05, 0) is 31.5 Å². The summed E-state index contributed by atoms with van der Waals surface area (Å²) >= 11 is 5.76. The predicted octanol–water partition coefficient (Wildman–Crippen LogP) is 1.41. The number of benzene rings is 1. The Balaban J connectivity index is 2.58. The van der Waals surface area contributed by atoms with Gasteiger partial charge >= 0.3 is 11.8 Å². The molecule has 0 aliphatic heterocycles. The smallest absolute Gasteiger partial charge is 0.329 e. The molecule has 1 aromatic rings. The second kappa shape index (κ2) is 7.49. The molecular formula is C13H16ClN3O3. The second-order valence-electron chi connectivity index (χ2n) is 4.19. The van der Waals surface area contributed by atoms with Gasteiger partial charge in [0, 0.05) is 16.6 Å². The quantitative estimate of drug-likeness (QED) is 0.446. The van der Waals surface area contributed by atoms with Crippen molar-refractivity contribution < 1.29 is 14.7 Å². The number of hydrazone groups is 1. The van der Waals surface area contributed by atoms with Crippen molar-refractivity contribution in [3.05, 3.63) is 28.8 Å². The molecule has 0 aliphatic carbocycles. The Morgan fingerprint density at radius 1 is 1.45 bits per heavy atom. The zero-order chi connectivity index (χ0) is 15.1. The SMILES string of the molecule is CC[C@@H](C)NC(=O)C(=O)N/N=C\c1cc(Cl)ccc1O. The summed E-state index contributed by atoms with van der Waals surface area (Å²) in [6, 6.07) is 4.31. The van der Waals surface area contributed by atoms with Gasteiger partial charge in [0.2, 0.25) is 0 Å². The van der Waals surface area contributed by atoms with Gasteiger partial charge in [-0.25, -0.2) is 5.43 Å². The van der Waals surface area contributed by atoms with Gasteiger partial charge in [0.05, 0.1) is 6.21 Å². The Bertz CT molecular complexity index is 532. The lowest BCUT2D eigenvalue weighted by molar-refractivity contribution is -0.139. The lowest BCUT2D eigenvalue weighted by atomic mass is 10.2. The minimum absolute atomic E-state index is 0.0311. The van der Waals surface area contributed by atoms with Crippen LogP contribution in [0, 0.1) is 0 Å². The molecule has 0 radical (unpaired) electrons. The molecular weight excluding hydrogens is 282 g/mol. The molecule has 0 fully saturated rings. The van der Waals surface area contributed by atoms with Crippen molar-refractivity contribution >= 4 is 29.6 Å². The highest BCUT2D eigenvalue weighted by molar-refractivity contribution is 6.35. The molecule has 1 aromatic carbocycles. The van der Waals surface area contributed by atoms with Gasteiger partial charge in [0.15, 0.2) is 0 Å². The van der Waals surface area contributed by atoms with Gasteiger partial charge in [-0.15, -0.1) is 0 Å². The lowest BCUT2D eigenvalue weighted by Gasteiger charge is -2.09. The van der Waals surface area contributed by atoms with E-state index in [1.807, 2.05) is 6.92 Å². The fourth-order valence-electron chi connectivity index (χ4n) is 1.23. The summed E-state index contributed by atoms with van der Waals surface area (Å²) in [4.78, 5) is 22.8. The molecule has 108 valence electrons. The van der Waals surface area contributed by atoms with Crippen LogP contribution < -0.4 is 10.7 Å². The largest absolute Gasteiger partial charge is 0.507 e. The van der Waals surface area contributed by atoms with Gasteiger partial charge in [-0.1, -0.05) is 18.5 Å². The topological polar surface area (TPSA) is 90.8 Å². The molecule has 6 nitrogen and oxygen atoms in total. The molecule has 0 heterocycles. The van der Waals surface area contributed by atoms with E-state index < -0.39 is 11.8 Å². The van der Waals surface area contributed by atoms with Crippen molar-refractivity contribution in [2.24, 2.45) is 5.10 Å². The van der Waals surface area contributed by atoms with Crippen LogP contribution >= 0.6 is 11.6 Å². The molecule has 0 aromatic heterocycles. The second-order valence-corrected chi connectivity index (χ2v) is 4.62. The number of carbonyl (C=O) groups is 2. The van der Waals surface area contributed by atoms with Crippen molar-refractivity contribution in [2.75, 3.05) is 0 Å². The number of nitrogens with zero attached hydrogens (tertiary/aromatic N) is 1. The molecule has 0 spiro atoms. The van der Waals surface area contributed by atoms with E-state index in [0.717, 1.165) is 6.42 Å². The average Bonchev–Trinajstić information content (AvgIpc) is 2.42. The first-order valence-corrected chi connectivity index (χ1v) is 6.44. The van der Waals surface area contributed by atoms with E-state index in [2.05, 4.69) is 15.8 Å². The van der Waals surface area contributed by atoms with Crippen LogP contribution in [0.4, 0.5) is 0 Å². The van der Waals surface area contributed by atoms with E-state index in [0.29, 0.717) is 10.6 Å². The minimum atomic E-state index is -0.872. The Labute approximate surface area is 121 Å². The highest BCUT2D eigenvalue weighted by atomic mass is 35.5. The fraction of sp³-hybridized carbons (Fsp3) is 0.308. The molecule has 0 saturated carbocycles. The lowest BCUT2D eigenvalue weighted by Crippen LogP contribution is -2.41. The maximum Gasteiger partial charge on any atom is 0.329 e. The Hall–Kier alpha value is -2.08. The Morgan fingerprint density at radius 2 is 2.15 bits per heavy atom. The maximum atomic E-state index is 11.4. The van der Waals surface area contributed by atoms with E-state index in [9.17, 15) is 14.7 Å². The van der Waals surface area contributed by atoms with E-state index >= 15 is 0 Å². The first-order valence-electron chi connectivity index (χ1n) is 6.06. The van der Waals surface area contributed by atoms with Gasteiger partial charge in [-0.3, -0.25) is 9.59 Å². The summed E-state index contributed by atoms with van der Waals surface area (Å²) in [5.41, 5.74) is 2.40. The molecule has 1 atom stereocenters. The minimum Gasteiger partial charge on any atom is -0.507 e. The summed E-state index contributed by atoms with van der Waals surface area (Å²) in [6.07, 6.45) is 1.92. The van der Waals surface area contributed by atoms with Gasteiger partial charge in [0.25, 0.3) is 0 Å². The van der Waals surface area contributed by atoms with Crippen LogP contribution in [-0.4, -0.2) is 29.2 Å². The number of aromatic hydroxyl groups is 1. The maximum absolute atomic E-state index is 11.4. The van der Waals surface area contributed by atoms with Crippen LogP contribution in [0.3, 0.4) is 0 Å². The van der Waals surface area contributed by atoms with Gasteiger partial charge in [0.1, 0.15) is 5.75 Å². The first-order chi connectivity index (χ1) is 9.43. The van der Waals surface area contributed by atoms with Crippen LogP contribution in [0.5, 0.6) is 5.75 Å². The Kier molecular flexibility index (Phi) is 5.99. The number of carbonyl (C=O) groups excluding carboxylic acids is 2. The number of hydrogen-bond acceptors (Lipinski definition) is 4. The summed E-state index contributed by atoms with van der Waals surface area (Å²) in [7, 11) is 0. The molecule has 0 aliphatic rings. The molecule has 0 bridgehead atoms. The number of phenolic OH excluding ortho intramolecular Hbond substituents is 1. The summed E-state index contributed by atoms with van der Waals surface area (Å²) < 4.78 is 0. The number of nitrogens with one attached hydrogen (secondary N) is 2. The molecule has 7 heteroatoms. The normalized spacial score (nSPS) is 12.2. The van der Waals surface area contributed by atoms with Crippen LogP contribution in [0.1, 0.15) is 25.8 Å². The highest BCUT2D eigenvalue weighted by Crippen LogP contribution is 2.19. The molecule has 3 N–H and O–H groups in total. The number of halogens is 1. The third kappa shape index (κ3) is 4.89. The molecule has 1 rings (SSSR count). The number of hydrogen-bond donors (Lipinski definition) is 3. The van der Waals surface area contributed by atoms with Crippen molar-refractivity contribution in [3.63, 3.8) is 0 Å². The number of amides is 2. The zero-order valence-corrected chi connectivity index (χ0v) is 11.9. The first kappa shape index (κ1) is 16.0. The van der Waals surface area contributed by atoms with Crippen molar-refractivity contribution in [1.82, 2.24) is 10.7 Å². The van der Waals surface area contributed by atoms with Crippen LogP contribution in [0.25, 0.3) is 0 Å². The van der Waals surface area contributed by atoms with Gasteiger partial charge < -0.3 is 10.4 Å². The molecule has 0 unspecified atom stereocenters. The van der Waals surface area contributed by atoms with Crippen molar-refractivity contribution in [1.29, 1.82) is 0 Å². The third-order valence-corrected chi connectivity index (χ3v) is 2.79. The third-order valence-electron chi connectivity index (χ3n) is 2.56. The monoisotopic (exact) mass is 297 g/mol. The fourth-order valence-corrected chi connectivity index (χ4v) is 1.41. The van der Waals surface area contributed by atoms with E-state index in [4.69, 9.17) is 11.6 Å². The molecule has 0 saturated heterocycles. The van der Waals surface area contributed by atoms with Crippen molar-refractivity contribution in [2.45, 2.75) is 26.3 Å². The van der Waals surface area contributed by atoms with Gasteiger partial charge in [-0.2, -0.15) is 5.10 Å². The Morgan fingerprint density at radius 3 is 2.80 bits per heavy atom. The van der Waals surface area contributed by atoms with E-state index in [1.165, 1.54) is 24.4 Å². The summed E-state index contributed by atoms with van der Waals surface area (Å²) in [5.74, 6) is -1.66. The highest BCUT2D eigenvalue weighted by Gasteiger charge is 2.14. The van der Waals surface area contributed by atoms with Crippen LogP contribution in [-0.2, 0) is 9.59 Å². The zero-order valence-electron chi connectivity index (χ0n) is 11.2. The average molecular weight is 298 g/mol. The predicted molar refractivity (Wildman–Crippen MR) is 76.7 cm³/mol. The van der Waals surface area contributed by atoms with Crippen molar-refractivity contribution in [3.8, 4) is 5.75 Å². The standard InChI is InChI=1S/C13H16ClN3O3/c1-3-8(2)16-12(19)13(20)17-15-7-9-6-10(14)4-5-11(9)18/h4-8,18H,3H2,1-2H3,(H,16,19)(H,17,20)/b15-7-/t8-/m1/s1. The van der Waals surface area contributed by atoms with E-state index in [1.54, 1.807) is 6.92 Å². The molecule has 2 amide bonds. The summed E-state index contributed by atoms with van der Waals surface area (Å²) in [5, 5.41) is 16.0. The van der Waals surface area contributed by atoms with E-state index in [-0.39, 0.29) is 11.8 Å². The van der Waals surface area contributed by atoms with Crippen LogP contribution in [0.2, 0.25) is 5.02 Å². The van der Waals surface area contributed by atoms with Crippen LogP contribution in [0.15, 0.2) is 23.3 Å². The number of phenols is 1. The molecule has 20 heavy (non-hydrogen) atoms. The number of rotatable bonds is 4.